The maximum Gasteiger partial charge on any atom is 0.283 e. The minimum atomic E-state index is -3.55. The number of carbonyl (C=O) groups excluding carboxylic acids is 1. The van der Waals surface area contributed by atoms with Crippen LogP contribution < -0.4 is 0 Å². The molecule has 2 aliphatic heterocycles. The van der Waals surface area contributed by atoms with E-state index in [9.17, 15) is 23.3 Å². The van der Waals surface area contributed by atoms with Crippen molar-refractivity contribution in [2.24, 2.45) is 0 Å². The van der Waals surface area contributed by atoms with E-state index in [4.69, 9.17) is 11.6 Å². The minimum absolute atomic E-state index is 0.0433. The molecule has 0 aliphatic carbocycles. The topological polar surface area (TPSA) is 104 Å². The van der Waals surface area contributed by atoms with Crippen molar-refractivity contribution in [1.29, 1.82) is 0 Å². The molecule has 9 nitrogen and oxygen atoms in total. The normalized spacial score (nSPS) is 20.0. The van der Waals surface area contributed by atoms with Gasteiger partial charge in [-0.1, -0.05) is 24.4 Å². The second kappa shape index (κ2) is 8.73. The molecule has 1 amide bonds. The van der Waals surface area contributed by atoms with E-state index < -0.39 is 21.0 Å². The van der Waals surface area contributed by atoms with Crippen LogP contribution in [-0.2, 0) is 10.2 Å². The molecule has 0 unspecified atom stereocenters. The molecule has 0 radical (unpaired) electrons. The highest BCUT2D eigenvalue weighted by atomic mass is 35.5. The molecule has 0 aromatic heterocycles. The summed E-state index contributed by atoms with van der Waals surface area (Å²) in [5.41, 5.74) is -0.393. The molecule has 2 heterocycles. The Bertz CT molecular complexity index is 847. The first-order valence-corrected chi connectivity index (χ1v) is 11.1. The van der Waals surface area contributed by atoms with E-state index in [2.05, 4.69) is 0 Å². The highest BCUT2D eigenvalue weighted by Gasteiger charge is 2.35. The Labute approximate surface area is 169 Å². The van der Waals surface area contributed by atoms with Gasteiger partial charge in [-0.15, -0.1) is 0 Å². The molecule has 2 aliphatic rings. The van der Waals surface area contributed by atoms with Crippen LogP contribution in [0, 0.1) is 10.1 Å². The van der Waals surface area contributed by atoms with E-state index in [0.29, 0.717) is 13.1 Å². The smallest absolute Gasteiger partial charge is 0.283 e. The van der Waals surface area contributed by atoms with Crippen molar-refractivity contribution in [2.45, 2.75) is 25.7 Å². The molecule has 0 spiro atoms. The first kappa shape index (κ1) is 21.0. The summed E-state index contributed by atoms with van der Waals surface area (Å²) in [5.74, 6) is -0.491. The predicted molar refractivity (Wildman–Crippen MR) is 105 cm³/mol. The summed E-state index contributed by atoms with van der Waals surface area (Å²) < 4.78 is 28.7. The molecule has 11 heteroatoms. The lowest BCUT2D eigenvalue weighted by molar-refractivity contribution is -0.385. The van der Waals surface area contributed by atoms with Gasteiger partial charge in [0.2, 0.25) is 0 Å². The molecule has 1 aromatic rings. The minimum Gasteiger partial charge on any atom is -0.336 e. The number of halogens is 1. The molecule has 0 atom stereocenters. The van der Waals surface area contributed by atoms with Crippen molar-refractivity contribution in [3.8, 4) is 0 Å². The van der Waals surface area contributed by atoms with Gasteiger partial charge in [0.15, 0.2) is 0 Å². The van der Waals surface area contributed by atoms with Gasteiger partial charge in [-0.05, 0) is 25.0 Å². The van der Waals surface area contributed by atoms with Gasteiger partial charge in [-0.2, -0.15) is 17.0 Å². The van der Waals surface area contributed by atoms with E-state index in [1.807, 2.05) is 0 Å². The Morgan fingerprint density at radius 2 is 1.54 bits per heavy atom. The van der Waals surface area contributed by atoms with E-state index in [-0.39, 0.29) is 42.5 Å². The van der Waals surface area contributed by atoms with Crippen molar-refractivity contribution in [3.05, 3.63) is 38.9 Å². The summed E-state index contributed by atoms with van der Waals surface area (Å²) in [6, 6.07) is 3.92. The highest BCUT2D eigenvalue weighted by Crippen LogP contribution is 2.25. The predicted octanol–water partition coefficient (Wildman–Crippen LogP) is 2.13. The molecule has 0 bridgehead atoms. The molecule has 1 aromatic carbocycles. The zero-order valence-electron chi connectivity index (χ0n) is 15.4. The lowest BCUT2D eigenvalue weighted by atomic mass is 10.1. The van der Waals surface area contributed by atoms with E-state index in [1.165, 1.54) is 25.6 Å². The molecule has 2 saturated heterocycles. The summed E-state index contributed by atoms with van der Waals surface area (Å²) in [4.78, 5) is 24.8. The average molecular weight is 431 g/mol. The van der Waals surface area contributed by atoms with Crippen LogP contribution in [0.15, 0.2) is 18.2 Å². The fourth-order valence-corrected chi connectivity index (χ4v) is 5.40. The summed E-state index contributed by atoms with van der Waals surface area (Å²) in [6.45, 7) is 1.77. The van der Waals surface area contributed by atoms with Gasteiger partial charge < -0.3 is 4.90 Å². The summed E-state index contributed by atoms with van der Waals surface area (Å²) in [7, 11) is -3.55. The third-order valence-electron chi connectivity index (χ3n) is 5.13. The molecule has 0 saturated carbocycles. The summed E-state index contributed by atoms with van der Waals surface area (Å²) in [6.07, 6.45) is 3.79. The molecule has 2 fully saturated rings. The lowest BCUT2D eigenvalue weighted by Gasteiger charge is -2.36. The first-order valence-electron chi connectivity index (χ1n) is 9.29. The largest absolute Gasteiger partial charge is 0.336 e. The summed E-state index contributed by atoms with van der Waals surface area (Å²) in [5, 5.41) is 11.4. The Balaban J connectivity index is 1.68. The van der Waals surface area contributed by atoms with E-state index in [1.54, 1.807) is 0 Å². The van der Waals surface area contributed by atoms with Crippen molar-refractivity contribution >= 4 is 33.4 Å². The first-order chi connectivity index (χ1) is 13.3. The van der Waals surface area contributed by atoms with E-state index in [0.717, 1.165) is 31.7 Å². The van der Waals surface area contributed by atoms with Gasteiger partial charge in [0.25, 0.3) is 21.8 Å². The average Bonchev–Trinajstić information content (AvgIpc) is 2.97. The quantitative estimate of drug-likeness (QED) is 0.537. The van der Waals surface area contributed by atoms with Crippen LogP contribution in [0.3, 0.4) is 0 Å². The number of carbonyl (C=O) groups is 1. The van der Waals surface area contributed by atoms with Gasteiger partial charge in [-0.25, -0.2) is 0 Å². The van der Waals surface area contributed by atoms with Crippen LogP contribution in [-0.4, -0.2) is 72.0 Å². The molecular formula is C17H23ClN4O5S. The highest BCUT2D eigenvalue weighted by molar-refractivity contribution is 7.86. The molecule has 154 valence electrons. The Kier molecular flexibility index (Phi) is 6.54. The molecular weight excluding hydrogens is 408 g/mol. The third kappa shape index (κ3) is 4.45. The SMILES string of the molecule is O=C(c1ccc(Cl)cc1[N+](=O)[O-])N1CCN(S(=O)(=O)N2CCCCCC2)CC1. The number of piperazine rings is 1. The monoisotopic (exact) mass is 430 g/mol. The third-order valence-corrected chi connectivity index (χ3v) is 7.40. The molecule has 28 heavy (non-hydrogen) atoms. The number of hydrogen-bond donors (Lipinski definition) is 0. The Morgan fingerprint density at radius 1 is 0.964 bits per heavy atom. The van der Waals surface area contributed by atoms with Gasteiger partial charge in [0.05, 0.1) is 4.92 Å². The van der Waals surface area contributed by atoms with Gasteiger partial charge in [0.1, 0.15) is 5.56 Å². The zero-order valence-corrected chi connectivity index (χ0v) is 17.0. The summed E-state index contributed by atoms with van der Waals surface area (Å²) >= 11 is 5.80. The van der Waals surface area contributed by atoms with Crippen molar-refractivity contribution < 1.29 is 18.1 Å². The molecule has 3 rings (SSSR count). The zero-order chi connectivity index (χ0) is 20.3. The number of nitrogens with zero attached hydrogens (tertiary/aromatic N) is 4. The number of hydrogen-bond acceptors (Lipinski definition) is 5. The van der Waals surface area contributed by atoms with Crippen LogP contribution in [0.25, 0.3) is 0 Å². The van der Waals surface area contributed by atoms with Crippen molar-refractivity contribution in [2.75, 3.05) is 39.3 Å². The number of rotatable bonds is 4. The fourth-order valence-electron chi connectivity index (χ4n) is 3.56. The van der Waals surface area contributed by atoms with Crippen LogP contribution in [0.1, 0.15) is 36.0 Å². The van der Waals surface area contributed by atoms with E-state index >= 15 is 0 Å². The number of benzene rings is 1. The number of nitro benzene ring substituents is 1. The van der Waals surface area contributed by atoms with Crippen molar-refractivity contribution in [1.82, 2.24) is 13.5 Å². The maximum absolute atomic E-state index is 12.9. The number of nitro groups is 1. The second-order valence-corrected chi connectivity index (χ2v) is 9.30. The van der Waals surface area contributed by atoms with Crippen LogP contribution in [0.4, 0.5) is 5.69 Å². The Morgan fingerprint density at radius 3 is 2.11 bits per heavy atom. The second-order valence-electron chi connectivity index (χ2n) is 6.93. The Hall–Kier alpha value is -1.75. The van der Waals surface area contributed by atoms with Crippen LogP contribution in [0.2, 0.25) is 5.02 Å². The standard InChI is InChI=1S/C17H23ClN4O5S/c18-14-5-6-15(16(13-14)22(24)25)17(23)19-9-11-21(12-10-19)28(26,27)20-7-3-1-2-4-8-20/h5-6,13H,1-4,7-12H2. The fraction of sp³-hybridized carbons (Fsp3) is 0.588. The van der Waals surface area contributed by atoms with Crippen LogP contribution in [0.5, 0.6) is 0 Å². The van der Waals surface area contributed by atoms with Crippen LogP contribution >= 0.6 is 11.6 Å². The van der Waals surface area contributed by atoms with Crippen molar-refractivity contribution in [3.63, 3.8) is 0 Å². The van der Waals surface area contributed by atoms with Gasteiger partial charge >= 0.3 is 0 Å². The number of amides is 1. The molecule has 0 N–H and O–H groups in total. The maximum atomic E-state index is 12.9. The lowest BCUT2D eigenvalue weighted by Crippen LogP contribution is -2.54. The van der Waals surface area contributed by atoms with Gasteiger partial charge in [-0.3, -0.25) is 14.9 Å². The van der Waals surface area contributed by atoms with Gasteiger partial charge in [0, 0.05) is 50.4 Å².